The molecule has 2 aromatic carbocycles. The molecular weight excluding hydrogens is 350 g/mol. The number of carbonyl (C=O) groups is 1. The monoisotopic (exact) mass is 375 g/mol. The molecule has 0 fully saturated rings. The van der Waals surface area contributed by atoms with E-state index in [1.54, 1.807) is 25.4 Å². The number of ether oxygens (including phenoxy) is 1. The Labute approximate surface area is 165 Å². The van der Waals surface area contributed by atoms with Crippen LogP contribution in [0.15, 0.2) is 66.9 Å². The van der Waals surface area contributed by atoms with Gasteiger partial charge in [-0.1, -0.05) is 45.0 Å². The minimum Gasteiger partial charge on any atom is -0.495 e. The second-order valence-corrected chi connectivity index (χ2v) is 7.54. The molecule has 0 atom stereocenters. The first kappa shape index (κ1) is 19.4. The normalized spacial score (nSPS) is 11.0. The van der Waals surface area contributed by atoms with E-state index in [4.69, 9.17) is 4.74 Å². The lowest BCUT2D eigenvalue weighted by Crippen LogP contribution is -2.14. The molecule has 0 saturated carbocycles. The lowest BCUT2D eigenvalue weighted by atomic mass is 9.87. The van der Waals surface area contributed by atoms with Crippen LogP contribution in [0.25, 0.3) is 0 Å². The standard InChI is InChI=1S/C23H25N3O2/c1-23(2,3)17-9-11-18(12-10-17)25-22(27)16-13-14-24-21(15-16)26-19-7-5-6-8-20(19)28-4/h5-15H,1-4H3,(H,24,26)(H,25,27). The van der Waals surface area contributed by atoms with Gasteiger partial charge in [0.2, 0.25) is 0 Å². The molecule has 0 aliphatic rings. The molecule has 0 aliphatic heterocycles. The van der Waals surface area contributed by atoms with Crippen LogP contribution >= 0.6 is 0 Å². The van der Waals surface area contributed by atoms with E-state index >= 15 is 0 Å². The number of pyridine rings is 1. The van der Waals surface area contributed by atoms with E-state index in [0.717, 1.165) is 11.4 Å². The maximum Gasteiger partial charge on any atom is 0.255 e. The fourth-order valence-corrected chi connectivity index (χ4v) is 2.78. The Bertz CT molecular complexity index is 960. The third-order valence-electron chi connectivity index (χ3n) is 4.40. The van der Waals surface area contributed by atoms with Crippen LogP contribution < -0.4 is 15.4 Å². The topological polar surface area (TPSA) is 63.2 Å². The summed E-state index contributed by atoms with van der Waals surface area (Å²) in [5, 5.41) is 6.12. The van der Waals surface area contributed by atoms with Crippen molar-refractivity contribution in [2.24, 2.45) is 0 Å². The van der Waals surface area contributed by atoms with Crippen LogP contribution in [0.4, 0.5) is 17.2 Å². The Morgan fingerprint density at radius 1 is 1.00 bits per heavy atom. The minimum absolute atomic E-state index is 0.0761. The summed E-state index contributed by atoms with van der Waals surface area (Å²) >= 11 is 0. The lowest BCUT2D eigenvalue weighted by molar-refractivity contribution is 0.102. The average molecular weight is 375 g/mol. The molecule has 0 radical (unpaired) electrons. The number of nitrogens with zero attached hydrogens (tertiary/aromatic N) is 1. The maximum absolute atomic E-state index is 12.6. The van der Waals surface area contributed by atoms with Crippen LogP contribution in [-0.2, 0) is 5.41 Å². The number of methoxy groups -OCH3 is 1. The molecule has 144 valence electrons. The molecule has 3 aromatic rings. The molecule has 1 aromatic heterocycles. The zero-order valence-corrected chi connectivity index (χ0v) is 16.6. The summed E-state index contributed by atoms with van der Waals surface area (Å²) in [4.78, 5) is 16.9. The van der Waals surface area contributed by atoms with E-state index < -0.39 is 0 Å². The molecule has 3 rings (SSSR count). The highest BCUT2D eigenvalue weighted by Gasteiger charge is 2.14. The van der Waals surface area contributed by atoms with Crippen molar-refractivity contribution in [3.63, 3.8) is 0 Å². The highest BCUT2D eigenvalue weighted by Crippen LogP contribution is 2.27. The molecule has 0 spiro atoms. The van der Waals surface area contributed by atoms with Gasteiger partial charge in [0.1, 0.15) is 11.6 Å². The number of benzene rings is 2. The van der Waals surface area contributed by atoms with Gasteiger partial charge in [-0.05, 0) is 47.4 Å². The van der Waals surface area contributed by atoms with Crippen LogP contribution in [0.2, 0.25) is 0 Å². The first-order valence-electron chi connectivity index (χ1n) is 9.15. The lowest BCUT2D eigenvalue weighted by Gasteiger charge is -2.19. The third-order valence-corrected chi connectivity index (χ3v) is 4.40. The van der Waals surface area contributed by atoms with E-state index in [2.05, 4.69) is 36.4 Å². The van der Waals surface area contributed by atoms with Crippen LogP contribution in [0.1, 0.15) is 36.7 Å². The first-order chi connectivity index (χ1) is 13.4. The molecule has 0 saturated heterocycles. The van der Waals surface area contributed by atoms with Crippen molar-refractivity contribution in [3.8, 4) is 5.75 Å². The van der Waals surface area contributed by atoms with Crippen molar-refractivity contribution in [1.29, 1.82) is 0 Å². The zero-order valence-electron chi connectivity index (χ0n) is 16.6. The highest BCUT2D eigenvalue weighted by molar-refractivity contribution is 6.04. The smallest absolute Gasteiger partial charge is 0.255 e. The zero-order chi connectivity index (χ0) is 20.1. The van der Waals surface area contributed by atoms with E-state index in [0.29, 0.717) is 17.1 Å². The van der Waals surface area contributed by atoms with Crippen LogP contribution in [0.5, 0.6) is 5.75 Å². The van der Waals surface area contributed by atoms with Gasteiger partial charge in [0.15, 0.2) is 0 Å². The number of para-hydroxylation sites is 2. The summed E-state index contributed by atoms with van der Waals surface area (Å²) < 4.78 is 5.34. The predicted molar refractivity (Wildman–Crippen MR) is 114 cm³/mol. The van der Waals surface area contributed by atoms with Gasteiger partial charge in [0.05, 0.1) is 12.8 Å². The summed E-state index contributed by atoms with van der Waals surface area (Å²) in [6.07, 6.45) is 1.61. The van der Waals surface area contributed by atoms with Gasteiger partial charge in [0.25, 0.3) is 5.91 Å². The number of aromatic nitrogens is 1. The number of rotatable bonds is 5. The Balaban J connectivity index is 1.73. The summed E-state index contributed by atoms with van der Waals surface area (Å²) in [7, 11) is 1.61. The molecule has 5 nitrogen and oxygen atoms in total. The molecule has 28 heavy (non-hydrogen) atoms. The Morgan fingerprint density at radius 2 is 1.71 bits per heavy atom. The van der Waals surface area contributed by atoms with E-state index in [1.807, 2.05) is 48.5 Å². The number of anilines is 3. The second kappa shape index (κ2) is 8.13. The molecule has 0 aliphatic carbocycles. The van der Waals surface area contributed by atoms with Gasteiger partial charge in [-0.3, -0.25) is 4.79 Å². The largest absolute Gasteiger partial charge is 0.495 e. The Kier molecular flexibility index (Phi) is 5.64. The summed E-state index contributed by atoms with van der Waals surface area (Å²) in [6.45, 7) is 6.48. The van der Waals surface area contributed by atoms with Gasteiger partial charge in [-0.2, -0.15) is 0 Å². The summed E-state index contributed by atoms with van der Waals surface area (Å²) in [5.74, 6) is 1.09. The van der Waals surface area contributed by atoms with E-state index in [9.17, 15) is 4.79 Å². The van der Waals surface area contributed by atoms with Crippen molar-refractivity contribution in [2.45, 2.75) is 26.2 Å². The Morgan fingerprint density at radius 3 is 2.39 bits per heavy atom. The molecule has 0 bridgehead atoms. The van der Waals surface area contributed by atoms with Crippen LogP contribution in [0, 0.1) is 0 Å². The van der Waals surface area contributed by atoms with Gasteiger partial charge in [-0.15, -0.1) is 0 Å². The number of carbonyl (C=O) groups excluding carboxylic acids is 1. The Hall–Kier alpha value is -3.34. The van der Waals surface area contributed by atoms with Gasteiger partial charge in [-0.25, -0.2) is 4.98 Å². The van der Waals surface area contributed by atoms with Gasteiger partial charge < -0.3 is 15.4 Å². The summed E-state index contributed by atoms with van der Waals surface area (Å²) in [6, 6.07) is 18.9. The first-order valence-corrected chi connectivity index (χ1v) is 9.15. The molecule has 1 amide bonds. The van der Waals surface area contributed by atoms with Crippen molar-refractivity contribution in [1.82, 2.24) is 4.98 Å². The molecule has 2 N–H and O–H groups in total. The van der Waals surface area contributed by atoms with Crippen LogP contribution in [0.3, 0.4) is 0 Å². The van der Waals surface area contributed by atoms with E-state index in [-0.39, 0.29) is 11.3 Å². The van der Waals surface area contributed by atoms with Gasteiger partial charge in [0, 0.05) is 17.4 Å². The average Bonchev–Trinajstić information content (AvgIpc) is 2.68. The van der Waals surface area contributed by atoms with E-state index in [1.165, 1.54) is 5.56 Å². The fourth-order valence-electron chi connectivity index (χ4n) is 2.78. The molecule has 1 heterocycles. The number of hydrogen-bond donors (Lipinski definition) is 2. The van der Waals surface area contributed by atoms with Crippen molar-refractivity contribution in [3.05, 3.63) is 78.0 Å². The highest BCUT2D eigenvalue weighted by atomic mass is 16.5. The minimum atomic E-state index is -0.186. The van der Waals surface area contributed by atoms with Gasteiger partial charge >= 0.3 is 0 Å². The predicted octanol–water partition coefficient (Wildman–Crippen LogP) is 5.38. The number of hydrogen-bond acceptors (Lipinski definition) is 4. The third kappa shape index (κ3) is 4.68. The molecule has 5 heteroatoms. The second-order valence-electron chi connectivity index (χ2n) is 7.54. The van der Waals surface area contributed by atoms with Crippen molar-refractivity contribution < 1.29 is 9.53 Å². The number of amides is 1. The fraction of sp³-hybridized carbons (Fsp3) is 0.217. The SMILES string of the molecule is COc1ccccc1Nc1cc(C(=O)Nc2ccc(C(C)(C)C)cc2)ccn1. The quantitative estimate of drug-likeness (QED) is 0.628. The van der Waals surface area contributed by atoms with Crippen molar-refractivity contribution in [2.75, 3.05) is 17.7 Å². The van der Waals surface area contributed by atoms with Crippen LogP contribution in [-0.4, -0.2) is 18.0 Å². The summed E-state index contributed by atoms with van der Waals surface area (Å²) in [5.41, 5.74) is 3.36. The molecule has 0 unspecified atom stereocenters. The maximum atomic E-state index is 12.6. The molecular formula is C23H25N3O2. The van der Waals surface area contributed by atoms with Crippen molar-refractivity contribution >= 4 is 23.1 Å². The number of nitrogens with one attached hydrogen (secondary N) is 2.